The second-order valence-electron chi connectivity index (χ2n) is 2.66. The maximum absolute atomic E-state index is 10.1. The van der Waals surface area contributed by atoms with Crippen molar-refractivity contribution in [1.29, 1.82) is 0 Å². The van der Waals surface area contributed by atoms with Crippen molar-refractivity contribution >= 4 is 5.97 Å². The van der Waals surface area contributed by atoms with Crippen LogP contribution in [0.3, 0.4) is 0 Å². The number of aliphatic carboxylic acids is 1. The van der Waals surface area contributed by atoms with Crippen LogP contribution >= 0.6 is 0 Å². The molecule has 0 saturated heterocycles. The molecule has 0 aromatic rings. The third kappa shape index (κ3) is 10.3. The van der Waals surface area contributed by atoms with Gasteiger partial charge in [-0.05, 0) is 38.0 Å². The van der Waals surface area contributed by atoms with E-state index < -0.39 is 5.97 Å². The van der Waals surface area contributed by atoms with E-state index in [-0.39, 0.29) is 0 Å². The Morgan fingerprint density at radius 3 is 2.79 bits per heavy atom. The summed E-state index contributed by atoms with van der Waals surface area (Å²) < 4.78 is 0. The van der Waals surface area contributed by atoms with Crippen molar-refractivity contribution in [2.45, 2.75) is 32.6 Å². The Balaban J connectivity index is 3.34. The number of carbonyl (C=O) groups is 1. The Bertz CT molecular complexity index is 305. The molecule has 0 atom stereocenters. The molecule has 0 aliphatic rings. The zero-order valence-corrected chi connectivity index (χ0v) is 8.34. The van der Waals surface area contributed by atoms with E-state index in [1.165, 1.54) is 6.08 Å². The average Bonchev–Trinajstić information content (AvgIpc) is 2.15. The molecule has 2 nitrogen and oxygen atoms in total. The Morgan fingerprint density at radius 1 is 1.36 bits per heavy atom. The summed E-state index contributed by atoms with van der Waals surface area (Å²) in [6.07, 6.45) is 6.43. The van der Waals surface area contributed by atoms with Crippen molar-refractivity contribution in [3.05, 3.63) is 12.2 Å². The molecule has 0 fully saturated rings. The average molecular weight is 190 g/mol. The second-order valence-corrected chi connectivity index (χ2v) is 2.66. The van der Waals surface area contributed by atoms with Crippen LogP contribution in [0.2, 0.25) is 0 Å². The molecule has 74 valence electrons. The van der Waals surface area contributed by atoms with E-state index >= 15 is 0 Å². The van der Waals surface area contributed by atoms with Crippen molar-refractivity contribution in [2.24, 2.45) is 0 Å². The second kappa shape index (κ2) is 9.42. The largest absolute Gasteiger partial charge is 0.478 e. The predicted molar refractivity (Wildman–Crippen MR) is 56.5 cm³/mol. The van der Waals surface area contributed by atoms with Crippen LogP contribution in [0.4, 0.5) is 0 Å². The first-order chi connectivity index (χ1) is 6.77. The van der Waals surface area contributed by atoms with Gasteiger partial charge in [-0.25, -0.2) is 4.79 Å². The van der Waals surface area contributed by atoms with Gasteiger partial charge in [0.2, 0.25) is 0 Å². The zero-order valence-electron chi connectivity index (χ0n) is 8.34. The number of rotatable bonds is 5. The van der Waals surface area contributed by atoms with E-state index in [0.29, 0.717) is 0 Å². The van der Waals surface area contributed by atoms with Gasteiger partial charge in [0.15, 0.2) is 0 Å². The molecule has 0 aliphatic carbocycles. The molecule has 0 aliphatic heterocycles. The zero-order chi connectivity index (χ0) is 10.6. The first kappa shape index (κ1) is 12.3. The van der Waals surface area contributed by atoms with Gasteiger partial charge in [0, 0.05) is 12.5 Å². The third-order valence-corrected chi connectivity index (χ3v) is 1.46. The van der Waals surface area contributed by atoms with Gasteiger partial charge in [-0.3, -0.25) is 0 Å². The van der Waals surface area contributed by atoms with Crippen LogP contribution in [0.5, 0.6) is 0 Å². The smallest absolute Gasteiger partial charge is 0.327 e. The van der Waals surface area contributed by atoms with Gasteiger partial charge in [-0.2, -0.15) is 0 Å². The summed E-state index contributed by atoms with van der Waals surface area (Å²) in [6.45, 7) is 1.76. The Labute approximate surface area is 85.0 Å². The van der Waals surface area contributed by atoms with Gasteiger partial charge in [-0.1, -0.05) is 17.9 Å². The highest BCUT2D eigenvalue weighted by atomic mass is 16.4. The van der Waals surface area contributed by atoms with E-state index in [4.69, 9.17) is 5.11 Å². The fraction of sp³-hybridized carbons (Fsp3) is 0.417. The highest BCUT2D eigenvalue weighted by Gasteiger charge is 1.86. The van der Waals surface area contributed by atoms with E-state index in [2.05, 4.69) is 23.7 Å². The Kier molecular flexibility index (Phi) is 8.29. The summed E-state index contributed by atoms with van der Waals surface area (Å²) >= 11 is 0. The highest BCUT2D eigenvalue weighted by Crippen LogP contribution is 1.99. The number of unbranched alkanes of at least 4 members (excludes halogenated alkanes) is 3. The first-order valence-electron chi connectivity index (χ1n) is 4.56. The summed E-state index contributed by atoms with van der Waals surface area (Å²) in [5.41, 5.74) is 0. The first-order valence-corrected chi connectivity index (χ1v) is 4.56. The van der Waals surface area contributed by atoms with Gasteiger partial charge >= 0.3 is 5.97 Å². The minimum atomic E-state index is -0.886. The van der Waals surface area contributed by atoms with Gasteiger partial charge in [-0.15, -0.1) is 0 Å². The molecule has 0 radical (unpaired) electrons. The summed E-state index contributed by atoms with van der Waals surface area (Å²) in [5, 5.41) is 8.29. The molecular formula is C12H14O2. The molecule has 0 heterocycles. The van der Waals surface area contributed by atoms with Gasteiger partial charge in [0.25, 0.3) is 0 Å². The van der Waals surface area contributed by atoms with E-state index in [1.54, 1.807) is 13.0 Å². The summed E-state index contributed by atoms with van der Waals surface area (Å²) in [7, 11) is 0. The van der Waals surface area contributed by atoms with Crippen LogP contribution < -0.4 is 0 Å². The molecule has 0 unspecified atom stereocenters. The van der Waals surface area contributed by atoms with Crippen LogP contribution in [0, 0.1) is 23.7 Å². The standard InChI is InChI=1S/C12H14O2/c1-2-3-4-5-6-7-8-9-10-11-12(13)14/h10-11H,6-9H2,1H3,(H,13,14). The number of hydrogen-bond acceptors (Lipinski definition) is 1. The molecule has 0 spiro atoms. The number of carboxylic acid groups (broad SMARTS) is 1. The van der Waals surface area contributed by atoms with Crippen LogP contribution in [0.1, 0.15) is 32.6 Å². The Hall–Kier alpha value is -1.67. The molecule has 0 bridgehead atoms. The van der Waals surface area contributed by atoms with Gasteiger partial charge in [0.1, 0.15) is 0 Å². The molecule has 0 amide bonds. The molecule has 0 aromatic heterocycles. The van der Waals surface area contributed by atoms with E-state index in [0.717, 1.165) is 25.7 Å². The minimum absolute atomic E-state index is 0.799. The topological polar surface area (TPSA) is 37.3 Å². The monoisotopic (exact) mass is 190 g/mol. The maximum Gasteiger partial charge on any atom is 0.327 e. The van der Waals surface area contributed by atoms with Crippen molar-refractivity contribution in [1.82, 2.24) is 0 Å². The number of carboxylic acids is 1. The lowest BCUT2D eigenvalue weighted by Gasteiger charge is -1.89. The van der Waals surface area contributed by atoms with E-state index in [1.807, 2.05) is 0 Å². The molecule has 14 heavy (non-hydrogen) atoms. The van der Waals surface area contributed by atoms with E-state index in [9.17, 15) is 4.79 Å². The van der Waals surface area contributed by atoms with Gasteiger partial charge < -0.3 is 5.11 Å². The highest BCUT2D eigenvalue weighted by molar-refractivity contribution is 5.79. The molecule has 0 rings (SSSR count). The quantitative estimate of drug-likeness (QED) is 0.410. The van der Waals surface area contributed by atoms with Crippen molar-refractivity contribution in [2.75, 3.05) is 0 Å². The lowest BCUT2D eigenvalue weighted by atomic mass is 10.2. The van der Waals surface area contributed by atoms with Crippen LogP contribution in [-0.2, 0) is 4.79 Å². The molecule has 2 heteroatoms. The fourth-order valence-corrected chi connectivity index (χ4v) is 0.829. The van der Waals surface area contributed by atoms with Crippen LogP contribution in [0.15, 0.2) is 12.2 Å². The van der Waals surface area contributed by atoms with Crippen molar-refractivity contribution in [3.8, 4) is 23.7 Å². The lowest BCUT2D eigenvalue weighted by molar-refractivity contribution is -0.131. The normalized spacial score (nSPS) is 8.64. The fourth-order valence-electron chi connectivity index (χ4n) is 0.829. The molecule has 0 saturated carbocycles. The molecular weight excluding hydrogens is 176 g/mol. The lowest BCUT2D eigenvalue weighted by Crippen LogP contribution is -1.85. The molecule has 1 N–H and O–H groups in total. The van der Waals surface area contributed by atoms with Gasteiger partial charge in [0.05, 0.1) is 0 Å². The number of hydrogen-bond donors (Lipinski definition) is 1. The number of allylic oxidation sites excluding steroid dienone is 1. The third-order valence-electron chi connectivity index (χ3n) is 1.46. The predicted octanol–water partition coefficient (Wildman–Crippen LogP) is 2.21. The van der Waals surface area contributed by atoms with Crippen molar-refractivity contribution < 1.29 is 9.90 Å². The molecule has 0 aromatic carbocycles. The van der Waals surface area contributed by atoms with Crippen LogP contribution in [0.25, 0.3) is 0 Å². The minimum Gasteiger partial charge on any atom is -0.478 e. The summed E-state index contributed by atoms with van der Waals surface area (Å²) in [4.78, 5) is 10.1. The van der Waals surface area contributed by atoms with Crippen molar-refractivity contribution in [3.63, 3.8) is 0 Å². The SMILES string of the molecule is CC#CC#CCCCCC=CC(=O)O. The van der Waals surface area contributed by atoms with Crippen LogP contribution in [-0.4, -0.2) is 11.1 Å². The Morgan fingerprint density at radius 2 is 2.14 bits per heavy atom. The summed E-state index contributed by atoms with van der Waals surface area (Å²) in [6, 6.07) is 0. The summed E-state index contributed by atoms with van der Waals surface area (Å²) in [5.74, 6) is 10.1. The maximum atomic E-state index is 10.1.